The van der Waals surface area contributed by atoms with Crippen molar-refractivity contribution in [2.75, 3.05) is 27.1 Å². The molecule has 106 valence electrons. The monoisotopic (exact) mass is 267 g/mol. The molecule has 1 aliphatic heterocycles. The normalized spacial score (nSPS) is 14.5. The van der Waals surface area contributed by atoms with Gasteiger partial charge in [0.1, 0.15) is 0 Å². The van der Waals surface area contributed by atoms with Gasteiger partial charge < -0.3 is 24.6 Å². The molecule has 0 saturated heterocycles. The Kier molecular flexibility index (Phi) is 4.87. The van der Waals surface area contributed by atoms with E-state index in [0.29, 0.717) is 23.7 Å². The standard InChI is InChI=1S/C14H21NO4/c1-3-5-15-11(4-6-16)10-7-12(17-2)14-13(8-10)18-9-19-14/h7-8,11,15-16H,3-6,9H2,1-2H3. The molecule has 0 aliphatic carbocycles. The minimum atomic E-state index is 0.0911. The number of fused-ring (bicyclic) bond motifs is 1. The first-order valence-corrected chi connectivity index (χ1v) is 6.62. The van der Waals surface area contributed by atoms with Crippen molar-refractivity contribution in [1.29, 1.82) is 0 Å². The van der Waals surface area contributed by atoms with Crippen molar-refractivity contribution in [3.05, 3.63) is 17.7 Å². The van der Waals surface area contributed by atoms with Crippen LogP contribution in [0.1, 0.15) is 31.4 Å². The predicted octanol–water partition coefficient (Wildman–Crippen LogP) is 1.85. The molecule has 1 atom stereocenters. The Morgan fingerprint density at radius 3 is 2.95 bits per heavy atom. The van der Waals surface area contributed by atoms with Crippen LogP contribution in [0.3, 0.4) is 0 Å². The highest BCUT2D eigenvalue weighted by Gasteiger charge is 2.22. The van der Waals surface area contributed by atoms with Gasteiger partial charge in [0.15, 0.2) is 11.5 Å². The van der Waals surface area contributed by atoms with Crippen LogP contribution < -0.4 is 19.5 Å². The van der Waals surface area contributed by atoms with Crippen molar-refractivity contribution in [2.24, 2.45) is 0 Å². The van der Waals surface area contributed by atoms with Crippen LogP contribution in [-0.2, 0) is 0 Å². The third-order valence-corrected chi connectivity index (χ3v) is 3.14. The topological polar surface area (TPSA) is 60.0 Å². The summed E-state index contributed by atoms with van der Waals surface area (Å²) in [6.45, 7) is 3.38. The minimum Gasteiger partial charge on any atom is -0.493 e. The van der Waals surface area contributed by atoms with Crippen LogP contribution in [0.2, 0.25) is 0 Å². The maximum atomic E-state index is 9.19. The number of rotatable bonds is 7. The van der Waals surface area contributed by atoms with Crippen molar-refractivity contribution in [3.63, 3.8) is 0 Å². The van der Waals surface area contributed by atoms with Gasteiger partial charge in [-0.05, 0) is 37.1 Å². The Labute approximate surface area is 113 Å². The molecule has 19 heavy (non-hydrogen) atoms. The Bertz CT molecular complexity index is 422. The molecule has 0 amide bonds. The van der Waals surface area contributed by atoms with E-state index in [1.54, 1.807) is 7.11 Å². The summed E-state index contributed by atoms with van der Waals surface area (Å²) >= 11 is 0. The molecule has 2 rings (SSSR count). The second kappa shape index (κ2) is 6.63. The van der Waals surface area contributed by atoms with E-state index in [2.05, 4.69) is 12.2 Å². The maximum absolute atomic E-state index is 9.19. The summed E-state index contributed by atoms with van der Waals surface area (Å²) in [6.07, 6.45) is 1.70. The van der Waals surface area contributed by atoms with E-state index in [9.17, 15) is 5.11 Å². The van der Waals surface area contributed by atoms with Crippen LogP contribution in [-0.4, -0.2) is 32.2 Å². The highest BCUT2D eigenvalue weighted by atomic mass is 16.7. The van der Waals surface area contributed by atoms with Crippen LogP contribution in [0, 0.1) is 0 Å². The Morgan fingerprint density at radius 2 is 2.26 bits per heavy atom. The second-order valence-electron chi connectivity index (χ2n) is 4.48. The average Bonchev–Trinajstić information content (AvgIpc) is 2.90. The van der Waals surface area contributed by atoms with Gasteiger partial charge in [-0.25, -0.2) is 0 Å². The molecule has 0 aromatic heterocycles. The smallest absolute Gasteiger partial charge is 0.231 e. The van der Waals surface area contributed by atoms with Crippen LogP contribution in [0.15, 0.2) is 12.1 Å². The lowest BCUT2D eigenvalue weighted by atomic mass is 10.0. The first-order chi connectivity index (χ1) is 9.30. The molecule has 0 radical (unpaired) electrons. The SMILES string of the molecule is CCCNC(CCO)c1cc(OC)c2c(c1)OCO2. The molecule has 1 aromatic rings. The lowest BCUT2D eigenvalue weighted by Gasteiger charge is -2.19. The van der Waals surface area contributed by atoms with Gasteiger partial charge in [0, 0.05) is 12.6 Å². The van der Waals surface area contributed by atoms with Crippen molar-refractivity contribution < 1.29 is 19.3 Å². The van der Waals surface area contributed by atoms with Crippen molar-refractivity contribution in [1.82, 2.24) is 5.32 Å². The van der Waals surface area contributed by atoms with Gasteiger partial charge in [0.05, 0.1) is 7.11 Å². The lowest BCUT2D eigenvalue weighted by Crippen LogP contribution is -2.23. The van der Waals surface area contributed by atoms with Gasteiger partial charge in [0.25, 0.3) is 0 Å². The van der Waals surface area contributed by atoms with Gasteiger partial charge in [-0.3, -0.25) is 0 Å². The van der Waals surface area contributed by atoms with Gasteiger partial charge in [0.2, 0.25) is 12.5 Å². The lowest BCUT2D eigenvalue weighted by molar-refractivity contribution is 0.171. The number of aliphatic hydroxyl groups excluding tert-OH is 1. The number of aliphatic hydroxyl groups is 1. The molecule has 0 bridgehead atoms. The van der Waals surface area contributed by atoms with Crippen LogP contribution in [0.5, 0.6) is 17.2 Å². The zero-order chi connectivity index (χ0) is 13.7. The largest absolute Gasteiger partial charge is 0.493 e. The first-order valence-electron chi connectivity index (χ1n) is 6.62. The molecule has 5 nitrogen and oxygen atoms in total. The van der Waals surface area contributed by atoms with Crippen LogP contribution >= 0.6 is 0 Å². The van der Waals surface area contributed by atoms with Gasteiger partial charge in [-0.15, -0.1) is 0 Å². The summed E-state index contributed by atoms with van der Waals surface area (Å²) in [4.78, 5) is 0. The van der Waals surface area contributed by atoms with Gasteiger partial charge >= 0.3 is 0 Å². The van der Waals surface area contributed by atoms with E-state index in [0.717, 1.165) is 18.5 Å². The summed E-state index contributed by atoms with van der Waals surface area (Å²) < 4.78 is 16.1. The quantitative estimate of drug-likeness (QED) is 0.789. The van der Waals surface area contributed by atoms with E-state index in [1.807, 2.05) is 12.1 Å². The maximum Gasteiger partial charge on any atom is 0.231 e. The van der Waals surface area contributed by atoms with E-state index < -0.39 is 0 Å². The third kappa shape index (κ3) is 3.11. The predicted molar refractivity (Wildman–Crippen MR) is 71.9 cm³/mol. The zero-order valence-corrected chi connectivity index (χ0v) is 11.4. The third-order valence-electron chi connectivity index (χ3n) is 3.14. The number of nitrogens with one attached hydrogen (secondary N) is 1. The molecule has 1 heterocycles. The molecule has 1 unspecified atom stereocenters. The molecule has 5 heteroatoms. The number of ether oxygens (including phenoxy) is 3. The van der Waals surface area contributed by atoms with E-state index in [4.69, 9.17) is 14.2 Å². The highest BCUT2D eigenvalue weighted by molar-refractivity contribution is 5.55. The fourth-order valence-electron chi connectivity index (χ4n) is 2.19. The number of hydrogen-bond acceptors (Lipinski definition) is 5. The number of hydrogen-bond donors (Lipinski definition) is 2. The van der Waals surface area contributed by atoms with Gasteiger partial charge in [-0.2, -0.15) is 0 Å². The fourth-order valence-corrected chi connectivity index (χ4v) is 2.19. The molecule has 1 aromatic carbocycles. The van der Waals surface area contributed by atoms with E-state index in [-0.39, 0.29) is 19.4 Å². The molecule has 0 fully saturated rings. The molecule has 0 spiro atoms. The summed E-state index contributed by atoms with van der Waals surface area (Å²) in [5.41, 5.74) is 1.05. The zero-order valence-electron chi connectivity index (χ0n) is 11.4. The number of methoxy groups -OCH3 is 1. The van der Waals surface area contributed by atoms with E-state index in [1.165, 1.54) is 0 Å². The van der Waals surface area contributed by atoms with Crippen molar-refractivity contribution >= 4 is 0 Å². The molecule has 1 aliphatic rings. The Balaban J connectivity index is 2.26. The Morgan fingerprint density at radius 1 is 1.42 bits per heavy atom. The molecule has 2 N–H and O–H groups in total. The van der Waals surface area contributed by atoms with Crippen LogP contribution in [0.4, 0.5) is 0 Å². The Hall–Kier alpha value is -1.46. The average molecular weight is 267 g/mol. The summed E-state index contributed by atoms with van der Waals surface area (Å²) in [7, 11) is 1.61. The summed E-state index contributed by atoms with van der Waals surface area (Å²) in [5, 5.41) is 12.6. The highest BCUT2D eigenvalue weighted by Crippen LogP contribution is 2.43. The number of benzene rings is 1. The summed E-state index contributed by atoms with van der Waals surface area (Å²) in [6, 6.07) is 3.98. The van der Waals surface area contributed by atoms with Crippen LogP contribution in [0.25, 0.3) is 0 Å². The molecular weight excluding hydrogens is 246 g/mol. The molecular formula is C14H21NO4. The second-order valence-corrected chi connectivity index (χ2v) is 4.48. The minimum absolute atomic E-state index is 0.0911. The molecule has 0 saturated carbocycles. The van der Waals surface area contributed by atoms with Crippen molar-refractivity contribution in [3.8, 4) is 17.2 Å². The van der Waals surface area contributed by atoms with E-state index >= 15 is 0 Å². The first kappa shape index (κ1) is 14.0. The van der Waals surface area contributed by atoms with Crippen molar-refractivity contribution in [2.45, 2.75) is 25.8 Å². The fraction of sp³-hybridized carbons (Fsp3) is 0.571. The summed E-state index contributed by atoms with van der Waals surface area (Å²) in [5.74, 6) is 2.03. The van der Waals surface area contributed by atoms with Gasteiger partial charge in [-0.1, -0.05) is 6.92 Å².